The molecule has 1 aliphatic heterocycles. The molecule has 0 unspecified atom stereocenters. The van der Waals surface area contributed by atoms with E-state index in [2.05, 4.69) is 0 Å². The molecule has 0 bridgehead atoms. The zero-order valence-electron chi connectivity index (χ0n) is 9.14. The average molecular weight is 215 g/mol. The summed E-state index contributed by atoms with van der Waals surface area (Å²) in [5.74, 6) is 0.130. The van der Waals surface area contributed by atoms with Gasteiger partial charge in [-0.3, -0.25) is 14.5 Å². The molecule has 82 valence electrons. The number of anilines is 1. The van der Waals surface area contributed by atoms with Crippen LogP contribution < -0.4 is 4.90 Å². The quantitative estimate of drug-likeness (QED) is 0.664. The van der Waals surface area contributed by atoms with Crippen LogP contribution in [-0.4, -0.2) is 11.7 Å². The van der Waals surface area contributed by atoms with Crippen molar-refractivity contribution in [1.82, 2.24) is 0 Å². The van der Waals surface area contributed by atoms with Crippen molar-refractivity contribution in [3.05, 3.63) is 42.1 Å². The second-order valence-corrected chi connectivity index (χ2v) is 3.82. The van der Waals surface area contributed by atoms with E-state index in [1.165, 1.54) is 6.92 Å². The molecule has 0 N–H and O–H groups in total. The third kappa shape index (κ3) is 2.03. The predicted molar refractivity (Wildman–Crippen MR) is 62.1 cm³/mol. The Labute approximate surface area is 94.4 Å². The van der Waals surface area contributed by atoms with Crippen LogP contribution in [-0.2, 0) is 16.0 Å². The van der Waals surface area contributed by atoms with Gasteiger partial charge in [0.15, 0.2) is 0 Å². The Morgan fingerprint density at radius 2 is 2.06 bits per heavy atom. The Balaban J connectivity index is 2.50. The van der Waals surface area contributed by atoms with E-state index in [0.717, 1.165) is 11.3 Å². The lowest BCUT2D eigenvalue weighted by molar-refractivity contribution is -0.118. The zero-order valence-corrected chi connectivity index (χ0v) is 9.14. The molecular weight excluding hydrogens is 202 g/mol. The number of hydrogen-bond donors (Lipinski definition) is 0. The summed E-state index contributed by atoms with van der Waals surface area (Å²) >= 11 is 0. The molecule has 2 rings (SSSR count). The van der Waals surface area contributed by atoms with E-state index in [1.54, 1.807) is 17.2 Å². The van der Waals surface area contributed by atoms with Crippen LogP contribution in [0.5, 0.6) is 0 Å². The van der Waals surface area contributed by atoms with Crippen molar-refractivity contribution < 1.29 is 9.59 Å². The molecule has 1 aliphatic rings. The van der Waals surface area contributed by atoms with Crippen LogP contribution in [0.2, 0.25) is 0 Å². The van der Waals surface area contributed by atoms with Gasteiger partial charge in [-0.1, -0.05) is 24.3 Å². The number of benzene rings is 1. The first-order chi connectivity index (χ1) is 7.68. The number of ketones is 1. The van der Waals surface area contributed by atoms with Crippen molar-refractivity contribution in [3.8, 4) is 0 Å². The molecule has 1 heterocycles. The number of carbonyl (C=O) groups excluding carboxylic acids is 2. The first-order valence-electron chi connectivity index (χ1n) is 5.24. The topological polar surface area (TPSA) is 37.4 Å². The number of nitrogens with zero attached hydrogens (tertiary/aromatic N) is 1. The van der Waals surface area contributed by atoms with E-state index in [-0.39, 0.29) is 11.7 Å². The van der Waals surface area contributed by atoms with E-state index >= 15 is 0 Å². The smallest absolute Gasteiger partial charge is 0.227 e. The van der Waals surface area contributed by atoms with Gasteiger partial charge in [-0.15, -0.1) is 0 Å². The largest absolute Gasteiger partial charge is 0.299 e. The monoisotopic (exact) mass is 215 g/mol. The number of rotatable bonds is 0. The number of para-hydroxylation sites is 1. The minimum Gasteiger partial charge on any atom is -0.299 e. The van der Waals surface area contributed by atoms with E-state index in [4.69, 9.17) is 0 Å². The summed E-state index contributed by atoms with van der Waals surface area (Å²) in [6.07, 6.45) is 4.19. The van der Waals surface area contributed by atoms with Gasteiger partial charge in [-0.25, -0.2) is 0 Å². The normalized spacial score (nSPS) is 17.3. The van der Waals surface area contributed by atoms with Crippen LogP contribution in [0.25, 0.3) is 0 Å². The minimum absolute atomic E-state index is 0.0435. The van der Waals surface area contributed by atoms with Gasteiger partial charge in [0.1, 0.15) is 5.78 Å². The fourth-order valence-electron chi connectivity index (χ4n) is 1.82. The van der Waals surface area contributed by atoms with Crippen molar-refractivity contribution in [1.29, 1.82) is 0 Å². The number of hydrogen-bond acceptors (Lipinski definition) is 2. The van der Waals surface area contributed by atoms with Gasteiger partial charge in [-0.05, 0) is 11.6 Å². The highest BCUT2D eigenvalue weighted by Crippen LogP contribution is 2.23. The summed E-state index contributed by atoms with van der Waals surface area (Å²) in [6.45, 7) is 1.52. The molecule has 0 atom stereocenters. The lowest BCUT2D eigenvalue weighted by Gasteiger charge is -2.21. The number of fused-ring (bicyclic) bond motifs is 1. The maximum absolute atomic E-state index is 11.5. The lowest BCUT2D eigenvalue weighted by Crippen LogP contribution is -2.24. The highest BCUT2D eigenvalue weighted by atomic mass is 16.2. The van der Waals surface area contributed by atoms with Crippen molar-refractivity contribution >= 4 is 17.4 Å². The predicted octanol–water partition coefficient (Wildman–Crippen LogP) is 2.07. The van der Waals surface area contributed by atoms with Crippen LogP contribution in [0.1, 0.15) is 18.9 Å². The number of carbonyl (C=O) groups is 2. The first-order valence-corrected chi connectivity index (χ1v) is 5.24. The van der Waals surface area contributed by atoms with Crippen molar-refractivity contribution in [2.45, 2.75) is 19.8 Å². The zero-order chi connectivity index (χ0) is 11.5. The second kappa shape index (κ2) is 4.31. The Bertz CT molecular complexity index is 463. The van der Waals surface area contributed by atoms with Gasteiger partial charge < -0.3 is 0 Å². The summed E-state index contributed by atoms with van der Waals surface area (Å²) in [6, 6.07) is 7.51. The van der Waals surface area contributed by atoms with Crippen LogP contribution in [0.15, 0.2) is 36.5 Å². The molecule has 0 aromatic heterocycles. The van der Waals surface area contributed by atoms with E-state index in [9.17, 15) is 9.59 Å². The molecule has 0 aliphatic carbocycles. The van der Waals surface area contributed by atoms with Gasteiger partial charge in [0.05, 0.1) is 5.69 Å². The molecule has 3 nitrogen and oxygen atoms in total. The lowest BCUT2D eigenvalue weighted by atomic mass is 10.0. The molecule has 0 saturated carbocycles. The molecule has 1 amide bonds. The summed E-state index contributed by atoms with van der Waals surface area (Å²) in [5, 5.41) is 0. The number of allylic oxidation sites excluding steroid dienone is 1. The highest BCUT2D eigenvalue weighted by Gasteiger charge is 2.16. The van der Waals surface area contributed by atoms with Gasteiger partial charge in [0.25, 0.3) is 0 Å². The second-order valence-electron chi connectivity index (χ2n) is 3.82. The molecule has 1 aromatic rings. The van der Waals surface area contributed by atoms with E-state index < -0.39 is 0 Å². The van der Waals surface area contributed by atoms with Gasteiger partial charge in [-0.2, -0.15) is 0 Å². The summed E-state index contributed by atoms with van der Waals surface area (Å²) in [7, 11) is 0. The van der Waals surface area contributed by atoms with Crippen molar-refractivity contribution in [2.24, 2.45) is 0 Å². The Morgan fingerprint density at radius 1 is 1.31 bits per heavy atom. The van der Waals surface area contributed by atoms with Crippen LogP contribution in [0.4, 0.5) is 5.69 Å². The summed E-state index contributed by atoms with van der Waals surface area (Å²) in [5.41, 5.74) is 1.71. The first kappa shape index (κ1) is 10.6. The molecule has 0 fully saturated rings. The van der Waals surface area contributed by atoms with Crippen LogP contribution >= 0.6 is 0 Å². The fraction of sp³-hybridized carbons (Fsp3) is 0.231. The molecule has 16 heavy (non-hydrogen) atoms. The Morgan fingerprint density at radius 3 is 2.81 bits per heavy atom. The standard InChI is InChI=1S/C13H13NO2/c1-10(15)14-8-4-6-12(16)9-11-5-2-3-7-13(11)14/h2-5,7-8H,6,9H2,1H3/b8-4-. The molecular formula is C13H13NO2. The molecule has 1 aromatic carbocycles. The van der Waals surface area contributed by atoms with Gasteiger partial charge in [0, 0.05) is 26.0 Å². The van der Waals surface area contributed by atoms with E-state index in [1.807, 2.05) is 24.3 Å². The molecule has 0 spiro atoms. The number of Topliss-reactive ketones (excluding diaryl/α,β-unsaturated/α-hetero) is 1. The maximum atomic E-state index is 11.5. The molecule has 0 saturated heterocycles. The van der Waals surface area contributed by atoms with E-state index in [0.29, 0.717) is 12.8 Å². The molecule has 0 radical (unpaired) electrons. The van der Waals surface area contributed by atoms with Gasteiger partial charge >= 0.3 is 0 Å². The third-order valence-electron chi connectivity index (χ3n) is 2.58. The number of amides is 1. The summed E-state index contributed by atoms with van der Waals surface area (Å²) < 4.78 is 0. The SMILES string of the molecule is CC(=O)N1/C=C\CC(=O)Cc2ccccc21. The Kier molecular flexibility index (Phi) is 2.86. The van der Waals surface area contributed by atoms with Crippen LogP contribution in [0.3, 0.4) is 0 Å². The highest BCUT2D eigenvalue weighted by molar-refractivity contribution is 5.96. The van der Waals surface area contributed by atoms with Crippen molar-refractivity contribution in [2.75, 3.05) is 4.90 Å². The van der Waals surface area contributed by atoms with Crippen molar-refractivity contribution in [3.63, 3.8) is 0 Å². The Hall–Kier alpha value is -1.90. The third-order valence-corrected chi connectivity index (χ3v) is 2.58. The minimum atomic E-state index is -0.0435. The van der Waals surface area contributed by atoms with Crippen LogP contribution in [0, 0.1) is 0 Å². The summed E-state index contributed by atoms with van der Waals surface area (Å²) in [4.78, 5) is 24.6. The fourth-order valence-corrected chi connectivity index (χ4v) is 1.82. The van der Waals surface area contributed by atoms with Gasteiger partial charge in [0.2, 0.25) is 5.91 Å². The molecule has 3 heteroatoms. The average Bonchev–Trinajstić information content (AvgIpc) is 2.22. The maximum Gasteiger partial charge on any atom is 0.227 e.